The van der Waals surface area contributed by atoms with E-state index < -0.39 is 0 Å². The average Bonchev–Trinajstić information content (AvgIpc) is 2.44. The first kappa shape index (κ1) is 15.9. The van der Waals surface area contributed by atoms with Gasteiger partial charge in [0.05, 0.1) is 18.2 Å². The summed E-state index contributed by atoms with van der Waals surface area (Å²) in [6, 6.07) is 9.11. The van der Waals surface area contributed by atoms with Crippen molar-refractivity contribution in [3.63, 3.8) is 0 Å². The third-order valence-corrected chi connectivity index (χ3v) is 2.64. The zero-order valence-corrected chi connectivity index (χ0v) is 12.1. The van der Waals surface area contributed by atoms with Crippen LogP contribution in [0, 0.1) is 11.3 Å². The Morgan fingerprint density at radius 2 is 2.30 bits per heavy atom. The number of nitriles is 1. The smallest absolute Gasteiger partial charge is 0.305 e. The zero-order valence-electron chi connectivity index (χ0n) is 11.3. The first-order valence-electron chi connectivity index (χ1n) is 6.36. The number of hydrogen-bond donors (Lipinski definition) is 2. The van der Waals surface area contributed by atoms with Crippen molar-refractivity contribution in [2.75, 3.05) is 18.5 Å². The van der Waals surface area contributed by atoms with Crippen LogP contribution in [0.5, 0.6) is 0 Å². The number of anilines is 1. The van der Waals surface area contributed by atoms with Gasteiger partial charge in [0, 0.05) is 18.7 Å². The van der Waals surface area contributed by atoms with Crippen LogP contribution >= 0.6 is 12.2 Å². The predicted molar refractivity (Wildman–Crippen MR) is 81.2 cm³/mol. The average molecular weight is 291 g/mol. The van der Waals surface area contributed by atoms with Crippen molar-refractivity contribution in [3.05, 3.63) is 29.8 Å². The number of ether oxygens (including phenoxy) is 1. The molecule has 0 unspecified atom stereocenters. The second kappa shape index (κ2) is 8.88. The van der Waals surface area contributed by atoms with E-state index in [2.05, 4.69) is 16.7 Å². The summed E-state index contributed by atoms with van der Waals surface area (Å²) in [7, 11) is 0. The first-order valence-corrected chi connectivity index (χ1v) is 6.77. The molecule has 1 aromatic rings. The van der Waals surface area contributed by atoms with Crippen molar-refractivity contribution in [1.82, 2.24) is 5.32 Å². The number of carbonyl (C=O) groups is 1. The Kier molecular flexibility index (Phi) is 7.07. The van der Waals surface area contributed by atoms with E-state index in [4.69, 9.17) is 22.2 Å². The van der Waals surface area contributed by atoms with Crippen molar-refractivity contribution in [1.29, 1.82) is 5.26 Å². The Balaban J connectivity index is 2.27. The molecular weight excluding hydrogens is 274 g/mol. The Morgan fingerprint density at radius 3 is 3.00 bits per heavy atom. The summed E-state index contributed by atoms with van der Waals surface area (Å²) in [5.74, 6) is -0.199. The molecule has 0 aliphatic carbocycles. The zero-order chi connectivity index (χ0) is 14.8. The number of rotatable bonds is 6. The highest BCUT2D eigenvalue weighted by Crippen LogP contribution is 2.09. The molecule has 0 amide bonds. The lowest BCUT2D eigenvalue weighted by atomic mass is 10.2. The highest BCUT2D eigenvalue weighted by Gasteiger charge is 2.02. The van der Waals surface area contributed by atoms with E-state index in [0.29, 0.717) is 36.7 Å². The van der Waals surface area contributed by atoms with Gasteiger partial charge in [0.15, 0.2) is 5.11 Å². The summed E-state index contributed by atoms with van der Waals surface area (Å²) in [6.07, 6.45) is 1.02. The molecule has 0 heterocycles. The maximum absolute atomic E-state index is 11.1. The largest absolute Gasteiger partial charge is 0.466 e. The standard InChI is InChI=1S/C14H17N3O2S/c1-2-19-13(18)7-4-8-16-14(20)17-12-6-3-5-11(9-12)10-15/h3,5-6,9H,2,4,7-8H2,1H3,(H2,16,17,20). The number of carbonyl (C=O) groups excluding carboxylic acids is 1. The van der Waals surface area contributed by atoms with Gasteiger partial charge in [-0.15, -0.1) is 0 Å². The van der Waals surface area contributed by atoms with Gasteiger partial charge in [-0.25, -0.2) is 0 Å². The Labute approximate surface area is 123 Å². The molecule has 0 radical (unpaired) electrons. The maximum atomic E-state index is 11.1. The number of hydrogen-bond acceptors (Lipinski definition) is 4. The third kappa shape index (κ3) is 6.16. The lowest BCUT2D eigenvalue weighted by Gasteiger charge is -2.10. The van der Waals surface area contributed by atoms with Gasteiger partial charge in [-0.1, -0.05) is 6.07 Å². The van der Waals surface area contributed by atoms with Crippen molar-refractivity contribution >= 4 is 29.0 Å². The molecule has 2 N–H and O–H groups in total. The summed E-state index contributed by atoms with van der Waals surface area (Å²) in [5, 5.41) is 15.2. The first-order chi connectivity index (χ1) is 9.65. The predicted octanol–water partition coefficient (Wildman–Crippen LogP) is 2.19. The van der Waals surface area contributed by atoms with Gasteiger partial charge in [-0.3, -0.25) is 4.79 Å². The van der Waals surface area contributed by atoms with Crippen LogP contribution in [-0.2, 0) is 9.53 Å². The Bertz CT molecular complexity index is 511. The van der Waals surface area contributed by atoms with E-state index in [1.54, 1.807) is 25.1 Å². The quantitative estimate of drug-likeness (QED) is 0.475. The van der Waals surface area contributed by atoms with Gasteiger partial charge >= 0.3 is 5.97 Å². The Morgan fingerprint density at radius 1 is 1.50 bits per heavy atom. The van der Waals surface area contributed by atoms with E-state index in [1.807, 2.05) is 6.07 Å². The van der Waals surface area contributed by atoms with Crippen LogP contribution in [0.3, 0.4) is 0 Å². The van der Waals surface area contributed by atoms with Gasteiger partial charge in [-0.2, -0.15) is 5.26 Å². The summed E-state index contributed by atoms with van der Waals surface area (Å²) < 4.78 is 4.82. The molecule has 0 aliphatic rings. The van der Waals surface area contributed by atoms with Crippen LogP contribution in [0.1, 0.15) is 25.3 Å². The number of benzene rings is 1. The molecule has 0 saturated heterocycles. The minimum Gasteiger partial charge on any atom is -0.466 e. The SMILES string of the molecule is CCOC(=O)CCCNC(=S)Nc1cccc(C#N)c1. The third-order valence-electron chi connectivity index (χ3n) is 2.40. The molecule has 0 spiro atoms. The van der Waals surface area contributed by atoms with Crippen molar-refractivity contribution in [2.45, 2.75) is 19.8 Å². The topological polar surface area (TPSA) is 74.2 Å². The highest BCUT2D eigenvalue weighted by atomic mass is 32.1. The molecule has 0 atom stereocenters. The molecule has 5 nitrogen and oxygen atoms in total. The molecule has 20 heavy (non-hydrogen) atoms. The van der Waals surface area contributed by atoms with Crippen molar-refractivity contribution < 1.29 is 9.53 Å². The molecule has 0 saturated carbocycles. The van der Waals surface area contributed by atoms with Crippen LogP contribution in [0.25, 0.3) is 0 Å². The molecule has 0 fully saturated rings. The fourth-order valence-corrected chi connectivity index (χ4v) is 1.73. The second-order valence-corrected chi connectivity index (χ2v) is 4.39. The van der Waals surface area contributed by atoms with E-state index in [1.165, 1.54) is 0 Å². The molecule has 1 aromatic carbocycles. The van der Waals surface area contributed by atoms with Crippen molar-refractivity contribution in [2.24, 2.45) is 0 Å². The van der Waals surface area contributed by atoms with Crippen LogP contribution in [-0.4, -0.2) is 24.2 Å². The van der Waals surface area contributed by atoms with E-state index in [9.17, 15) is 4.79 Å². The van der Waals surface area contributed by atoms with Crippen LogP contribution in [0.15, 0.2) is 24.3 Å². The van der Waals surface area contributed by atoms with Gasteiger partial charge in [-0.05, 0) is 43.8 Å². The molecule has 0 aliphatic heterocycles. The minimum absolute atomic E-state index is 0.199. The summed E-state index contributed by atoms with van der Waals surface area (Å²) >= 11 is 5.12. The minimum atomic E-state index is -0.199. The molecule has 6 heteroatoms. The highest BCUT2D eigenvalue weighted by molar-refractivity contribution is 7.80. The van der Waals surface area contributed by atoms with Crippen molar-refractivity contribution in [3.8, 4) is 6.07 Å². The molecular formula is C14H17N3O2S. The van der Waals surface area contributed by atoms with Gasteiger partial charge in [0.2, 0.25) is 0 Å². The van der Waals surface area contributed by atoms with Crippen LogP contribution in [0.2, 0.25) is 0 Å². The second-order valence-electron chi connectivity index (χ2n) is 3.98. The fourth-order valence-electron chi connectivity index (χ4n) is 1.51. The van der Waals surface area contributed by atoms with Crippen LogP contribution < -0.4 is 10.6 Å². The fraction of sp³-hybridized carbons (Fsp3) is 0.357. The molecule has 1 rings (SSSR count). The summed E-state index contributed by atoms with van der Waals surface area (Å²) in [5.41, 5.74) is 1.33. The van der Waals surface area contributed by atoms with E-state index in [-0.39, 0.29) is 5.97 Å². The Hall–Kier alpha value is -2.13. The lowest BCUT2D eigenvalue weighted by Crippen LogP contribution is -2.29. The van der Waals surface area contributed by atoms with E-state index in [0.717, 1.165) is 5.69 Å². The molecule has 0 bridgehead atoms. The number of esters is 1. The maximum Gasteiger partial charge on any atom is 0.305 e. The summed E-state index contributed by atoms with van der Waals surface area (Å²) in [4.78, 5) is 11.1. The van der Waals surface area contributed by atoms with E-state index >= 15 is 0 Å². The number of nitrogens with zero attached hydrogens (tertiary/aromatic N) is 1. The summed E-state index contributed by atoms with van der Waals surface area (Å²) in [6.45, 7) is 2.77. The number of nitrogens with one attached hydrogen (secondary N) is 2. The lowest BCUT2D eigenvalue weighted by molar-refractivity contribution is -0.143. The van der Waals surface area contributed by atoms with Gasteiger partial charge in [0.25, 0.3) is 0 Å². The number of thiocarbonyl (C=S) groups is 1. The van der Waals surface area contributed by atoms with Gasteiger partial charge < -0.3 is 15.4 Å². The van der Waals surface area contributed by atoms with Gasteiger partial charge in [0.1, 0.15) is 0 Å². The van der Waals surface area contributed by atoms with Crippen LogP contribution in [0.4, 0.5) is 5.69 Å². The molecule has 0 aromatic heterocycles. The molecule has 106 valence electrons. The monoisotopic (exact) mass is 291 g/mol. The normalized spacial score (nSPS) is 9.40.